The van der Waals surface area contributed by atoms with Crippen LogP contribution < -0.4 is 15.8 Å². The molecule has 1 aliphatic heterocycles. The van der Waals surface area contributed by atoms with E-state index < -0.39 is 0 Å². The van der Waals surface area contributed by atoms with Gasteiger partial charge in [0.2, 0.25) is 16.0 Å². The summed E-state index contributed by atoms with van der Waals surface area (Å²) < 4.78 is 1.34. The molecule has 2 aromatic rings. The van der Waals surface area contributed by atoms with Gasteiger partial charge >= 0.3 is 0 Å². The summed E-state index contributed by atoms with van der Waals surface area (Å²) >= 11 is 1.38. The number of nitrogens with one attached hydrogen (secondary N) is 1. The van der Waals surface area contributed by atoms with Crippen molar-refractivity contribution < 1.29 is 4.79 Å². The quantitative estimate of drug-likeness (QED) is 0.872. The number of anilines is 1. The Kier molecular flexibility index (Phi) is 4.92. The molecule has 27 heavy (non-hydrogen) atoms. The summed E-state index contributed by atoms with van der Waals surface area (Å²) in [7, 11) is 0. The molecule has 4 atom stereocenters. The zero-order valence-electron chi connectivity index (χ0n) is 16.1. The van der Waals surface area contributed by atoms with Crippen LogP contribution in [0.3, 0.4) is 0 Å². The van der Waals surface area contributed by atoms with E-state index in [9.17, 15) is 9.59 Å². The van der Waals surface area contributed by atoms with Gasteiger partial charge in [0.05, 0.1) is 0 Å². The first-order valence-electron chi connectivity index (χ1n) is 9.88. The van der Waals surface area contributed by atoms with Crippen LogP contribution in [0.15, 0.2) is 10.9 Å². The number of fused-ring (bicyclic) bond motifs is 1. The first-order chi connectivity index (χ1) is 12.9. The van der Waals surface area contributed by atoms with E-state index in [2.05, 4.69) is 29.2 Å². The number of rotatable bonds is 3. The predicted molar refractivity (Wildman–Crippen MR) is 106 cm³/mol. The molecule has 0 unspecified atom stereocenters. The summed E-state index contributed by atoms with van der Waals surface area (Å²) in [5.74, 6) is 1.24. The normalized spacial score (nSPS) is 28.6. The number of aryl methyl sites for hydroxylation is 1. The van der Waals surface area contributed by atoms with Crippen LogP contribution in [0.25, 0.3) is 4.96 Å². The molecule has 7 nitrogen and oxygen atoms in total. The zero-order chi connectivity index (χ0) is 19.1. The second kappa shape index (κ2) is 7.22. The standard InChI is InChI=1S/C19H27N5O2S/c1-11-6-4-7-14(13(11)3)21-17(26)15-8-5-9-23(15)19-22-24-16(25)10-12(2)20-18(24)27-19/h10-11,13-15H,4-9H2,1-3H3,(H,21,26)/t11-,13+,14-,15-/m1/s1. The fourth-order valence-electron chi connectivity index (χ4n) is 4.36. The number of carbonyl (C=O) groups is 1. The third kappa shape index (κ3) is 3.47. The average molecular weight is 390 g/mol. The van der Waals surface area contributed by atoms with E-state index in [1.807, 2.05) is 4.90 Å². The Morgan fingerprint density at radius 3 is 2.89 bits per heavy atom. The van der Waals surface area contributed by atoms with Crippen molar-refractivity contribution in [3.8, 4) is 0 Å². The second-order valence-corrected chi connectivity index (χ2v) is 8.98. The van der Waals surface area contributed by atoms with Gasteiger partial charge in [0.1, 0.15) is 6.04 Å². The fourth-order valence-corrected chi connectivity index (χ4v) is 5.39. The molecule has 1 saturated carbocycles. The monoisotopic (exact) mass is 389 g/mol. The highest BCUT2D eigenvalue weighted by atomic mass is 32.1. The fraction of sp³-hybridized carbons (Fsp3) is 0.684. The van der Waals surface area contributed by atoms with Gasteiger partial charge in [0, 0.05) is 24.3 Å². The van der Waals surface area contributed by atoms with E-state index in [1.165, 1.54) is 34.8 Å². The van der Waals surface area contributed by atoms with Gasteiger partial charge in [-0.05, 0) is 38.0 Å². The van der Waals surface area contributed by atoms with Crippen LogP contribution in [-0.2, 0) is 4.79 Å². The van der Waals surface area contributed by atoms with Gasteiger partial charge < -0.3 is 10.2 Å². The highest BCUT2D eigenvalue weighted by Gasteiger charge is 2.36. The maximum absolute atomic E-state index is 13.0. The predicted octanol–water partition coefficient (Wildman–Crippen LogP) is 2.37. The molecule has 8 heteroatoms. The molecule has 2 fully saturated rings. The van der Waals surface area contributed by atoms with Crippen molar-refractivity contribution in [3.63, 3.8) is 0 Å². The van der Waals surface area contributed by atoms with Crippen molar-refractivity contribution in [2.75, 3.05) is 11.4 Å². The minimum atomic E-state index is -0.216. The lowest BCUT2D eigenvalue weighted by Crippen LogP contribution is -2.50. The Balaban J connectivity index is 1.54. The van der Waals surface area contributed by atoms with Gasteiger partial charge in [-0.15, -0.1) is 5.10 Å². The maximum atomic E-state index is 13.0. The molecule has 1 N–H and O–H groups in total. The summed E-state index contributed by atoms with van der Waals surface area (Å²) in [4.78, 5) is 32.2. The molecule has 2 aromatic heterocycles. The number of amides is 1. The van der Waals surface area contributed by atoms with E-state index in [-0.39, 0.29) is 23.6 Å². The van der Waals surface area contributed by atoms with Crippen molar-refractivity contribution in [2.24, 2.45) is 11.8 Å². The second-order valence-electron chi connectivity index (χ2n) is 8.05. The van der Waals surface area contributed by atoms with Crippen LogP contribution >= 0.6 is 11.3 Å². The van der Waals surface area contributed by atoms with Gasteiger partial charge in [0.25, 0.3) is 5.56 Å². The SMILES string of the molecule is Cc1cc(=O)n2nc(N3CCC[C@@H]3C(=O)N[C@@H]3CCC[C@@H](C)[C@@H]3C)sc2n1. The topological polar surface area (TPSA) is 79.6 Å². The molecule has 2 aliphatic rings. The van der Waals surface area contributed by atoms with E-state index in [1.54, 1.807) is 6.92 Å². The largest absolute Gasteiger partial charge is 0.351 e. The zero-order valence-corrected chi connectivity index (χ0v) is 17.0. The van der Waals surface area contributed by atoms with Crippen molar-refractivity contribution in [3.05, 3.63) is 22.1 Å². The molecule has 1 saturated heterocycles. The minimum absolute atomic E-state index is 0.0918. The van der Waals surface area contributed by atoms with Gasteiger partial charge in [-0.1, -0.05) is 38.0 Å². The molecule has 0 aromatic carbocycles. The first-order valence-corrected chi connectivity index (χ1v) is 10.7. The molecule has 1 amide bonds. The average Bonchev–Trinajstić information content (AvgIpc) is 3.25. The smallest absolute Gasteiger partial charge is 0.275 e. The summed E-state index contributed by atoms with van der Waals surface area (Å²) in [5.41, 5.74) is 0.511. The highest BCUT2D eigenvalue weighted by molar-refractivity contribution is 7.20. The third-order valence-electron chi connectivity index (χ3n) is 6.20. The van der Waals surface area contributed by atoms with Crippen LogP contribution in [-0.4, -0.2) is 39.1 Å². The van der Waals surface area contributed by atoms with Crippen LogP contribution in [0.1, 0.15) is 51.6 Å². The Hall–Kier alpha value is -1.96. The van der Waals surface area contributed by atoms with Gasteiger partial charge in [-0.25, -0.2) is 4.98 Å². The summed E-state index contributed by atoms with van der Waals surface area (Å²) in [6, 6.07) is 1.52. The molecular weight excluding hydrogens is 362 g/mol. The molecule has 0 spiro atoms. The summed E-state index contributed by atoms with van der Waals surface area (Å²) in [6.07, 6.45) is 5.25. The molecule has 4 rings (SSSR count). The minimum Gasteiger partial charge on any atom is -0.351 e. The lowest BCUT2D eigenvalue weighted by Gasteiger charge is -2.36. The van der Waals surface area contributed by atoms with Crippen molar-refractivity contribution in [1.29, 1.82) is 0 Å². The van der Waals surface area contributed by atoms with Crippen LogP contribution in [0.5, 0.6) is 0 Å². The van der Waals surface area contributed by atoms with Crippen molar-refractivity contribution >= 4 is 27.3 Å². The van der Waals surface area contributed by atoms with Gasteiger partial charge in [-0.3, -0.25) is 9.59 Å². The highest BCUT2D eigenvalue weighted by Crippen LogP contribution is 2.32. The van der Waals surface area contributed by atoms with E-state index >= 15 is 0 Å². The van der Waals surface area contributed by atoms with Crippen LogP contribution in [0.2, 0.25) is 0 Å². The molecular formula is C19H27N5O2S. The number of hydrogen-bond acceptors (Lipinski definition) is 6. The van der Waals surface area contributed by atoms with Crippen molar-refractivity contribution in [2.45, 2.75) is 65.0 Å². The third-order valence-corrected chi connectivity index (χ3v) is 7.14. The van der Waals surface area contributed by atoms with Gasteiger partial charge in [-0.2, -0.15) is 4.52 Å². The van der Waals surface area contributed by atoms with Gasteiger partial charge in [0.15, 0.2) is 0 Å². The Labute approximate surface area is 162 Å². The first kappa shape index (κ1) is 18.4. The number of carbonyl (C=O) groups excluding carboxylic acids is 1. The molecule has 3 heterocycles. The molecule has 0 bridgehead atoms. The lowest BCUT2D eigenvalue weighted by molar-refractivity contribution is -0.123. The van der Waals surface area contributed by atoms with E-state index in [4.69, 9.17) is 0 Å². The molecule has 0 radical (unpaired) electrons. The van der Waals surface area contributed by atoms with E-state index in [0.29, 0.717) is 27.6 Å². The van der Waals surface area contributed by atoms with Crippen LogP contribution in [0, 0.1) is 18.8 Å². The maximum Gasteiger partial charge on any atom is 0.275 e. The number of nitrogens with zero attached hydrogens (tertiary/aromatic N) is 4. The molecule has 146 valence electrons. The Bertz CT molecular complexity index is 907. The Morgan fingerprint density at radius 1 is 1.26 bits per heavy atom. The molecule has 1 aliphatic carbocycles. The lowest BCUT2D eigenvalue weighted by atomic mass is 9.78. The Morgan fingerprint density at radius 2 is 2.07 bits per heavy atom. The summed E-state index contributed by atoms with van der Waals surface area (Å²) in [6.45, 7) is 7.11. The van der Waals surface area contributed by atoms with E-state index in [0.717, 1.165) is 25.8 Å². The number of hydrogen-bond donors (Lipinski definition) is 1. The van der Waals surface area contributed by atoms with Crippen molar-refractivity contribution in [1.82, 2.24) is 19.9 Å². The number of aromatic nitrogens is 3. The summed E-state index contributed by atoms with van der Waals surface area (Å²) in [5, 5.41) is 8.46. The van der Waals surface area contributed by atoms with Crippen LogP contribution in [0.4, 0.5) is 5.13 Å².